The average Bonchev–Trinajstić information content (AvgIpc) is 2.55. The fourth-order valence-electron chi connectivity index (χ4n) is 1.93. The minimum atomic E-state index is -2.11. The molecule has 1 atom stereocenters. The molecular formula is C15H16N2O4S. The van der Waals surface area contributed by atoms with Gasteiger partial charge in [-0.1, -0.05) is 18.2 Å². The van der Waals surface area contributed by atoms with Crippen molar-refractivity contribution in [3.8, 4) is 0 Å². The van der Waals surface area contributed by atoms with Gasteiger partial charge in [0.1, 0.15) is 0 Å². The molecule has 0 saturated heterocycles. The molecule has 0 spiro atoms. The number of hydrogen-bond donors (Lipinski definition) is 1. The summed E-state index contributed by atoms with van der Waals surface area (Å²) in [6.45, 7) is 0.579. The van der Waals surface area contributed by atoms with Crippen molar-refractivity contribution in [2.75, 3.05) is 7.11 Å². The zero-order valence-corrected chi connectivity index (χ0v) is 12.8. The van der Waals surface area contributed by atoms with Crippen molar-refractivity contribution >= 4 is 17.2 Å². The predicted octanol–water partition coefficient (Wildman–Crippen LogP) is 2.01. The van der Waals surface area contributed by atoms with Gasteiger partial charge in [-0.15, -0.1) is 0 Å². The molecule has 6 nitrogen and oxygen atoms in total. The van der Waals surface area contributed by atoms with Crippen molar-refractivity contribution in [1.29, 1.82) is 0 Å². The molecule has 0 aliphatic rings. The van der Waals surface area contributed by atoms with E-state index in [-0.39, 0.29) is 6.54 Å². The van der Waals surface area contributed by atoms with E-state index in [9.17, 15) is 13.6 Å². The summed E-state index contributed by atoms with van der Waals surface area (Å²) in [5, 5.41) is 0. The van der Waals surface area contributed by atoms with Gasteiger partial charge in [-0.05, 0) is 29.3 Å². The van der Waals surface area contributed by atoms with Gasteiger partial charge in [0.05, 0.1) is 12.7 Å². The first-order valence-corrected chi connectivity index (χ1v) is 7.58. The van der Waals surface area contributed by atoms with E-state index >= 15 is 0 Å². The molecule has 0 bridgehead atoms. The number of carbonyl (C=O) groups excluding carboxylic acids is 1. The Kier molecular flexibility index (Phi) is 5.76. The normalized spacial score (nSPS) is 12.1. The van der Waals surface area contributed by atoms with Crippen LogP contribution in [0.5, 0.6) is 0 Å². The molecule has 0 aliphatic heterocycles. The smallest absolute Gasteiger partial charge is 0.337 e. The third kappa shape index (κ3) is 4.45. The van der Waals surface area contributed by atoms with Crippen LogP contribution in [0.1, 0.15) is 21.5 Å². The zero-order chi connectivity index (χ0) is 15.9. The van der Waals surface area contributed by atoms with Gasteiger partial charge in [0, 0.05) is 25.5 Å². The second-order valence-corrected chi connectivity index (χ2v) is 5.56. The molecule has 0 fully saturated rings. The molecule has 1 aromatic carbocycles. The number of rotatable bonds is 6. The van der Waals surface area contributed by atoms with Crippen LogP contribution < -0.4 is 0 Å². The Morgan fingerprint density at radius 3 is 2.45 bits per heavy atom. The molecular weight excluding hydrogens is 304 g/mol. The summed E-state index contributed by atoms with van der Waals surface area (Å²) >= 11 is -2.11. The molecule has 0 aliphatic carbocycles. The molecule has 1 heterocycles. The maximum atomic E-state index is 11.5. The number of ether oxygens (including phenoxy) is 1. The van der Waals surface area contributed by atoms with Gasteiger partial charge in [0.15, 0.2) is 0 Å². The molecule has 1 N–H and O–H groups in total. The first kappa shape index (κ1) is 16.3. The SMILES string of the molecule is COC(=O)c1ccc(CN(Cc2cccnc2)S(=O)O)cc1. The van der Waals surface area contributed by atoms with Gasteiger partial charge in [0.25, 0.3) is 0 Å². The third-order valence-electron chi connectivity index (χ3n) is 3.04. The van der Waals surface area contributed by atoms with E-state index in [0.29, 0.717) is 12.1 Å². The highest BCUT2D eigenvalue weighted by atomic mass is 32.2. The van der Waals surface area contributed by atoms with Gasteiger partial charge >= 0.3 is 5.97 Å². The van der Waals surface area contributed by atoms with Gasteiger partial charge < -0.3 is 4.74 Å². The summed E-state index contributed by atoms with van der Waals surface area (Å²) in [6, 6.07) is 10.3. The second kappa shape index (κ2) is 7.79. The van der Waals surface area contributed by atoms with Crippen LogP contribution in [0, 0.1) is 0 Å². The number of aromatic nitrogens is 1. The minimum absolute atomic E-state index is 0.277. The lowest BCUT2D eigenvalue weighted by atomic mass is 10.1. The van der Waals surface area contributed by atoms with E-state index in [1.54, 1.807) is 42.7 Å². The zero-order valence-electron chi connectivity index (χ0n) is 12.0. The van der Waals surface area contributed by atoms with Crippen LogP contribution in [0.15, 0.2) is 48.8 Å². The van der Waals surface area contributed by atoms with Crippen molar-refractivity contribution < 1.29 is 18.3 Å². The fraction of sp³-hybridized carbons (Fsp3) is 0.200. The molecule has 7 heteroatoms. The molecule has 22 heavy (non-hydrogen) atoms. The third-order valence-corrected chi connectivity index (χ3v) is 3.74. The first-order chi connectivity index (χ1) is 10.6. The van der Waals surface area contributed by atoms with Crippen molar-refractivity contribution in [2.24, 2.45) is 0 Å². The molecule has 0 saturated carbocycles. The molecule has 0 amide bonds. The highest BCUT2D eigenvalue weighted by molar-refractivity contribution is 7.76. The van der Waals surface area contributed by atoms with E-state index in [2.05, 4.69) is 9.72 Å². The summed E-state index contributed by atoms with van der Waals surface area (Å²) in [6.07, 6.45) is 3.30. The van der Waals surface area contributed by atoms with Crippen molar-refractivity contribution in [3.63, 3.8) is 0 Å². The van der Waals surface area contributed by atoms with Crippen LogP contribution in [-0.2, 0) is 29.1 Å². The summed E-state index contributed by atoms with van der Waals surface area (Å²) in [7, 11) is 1.32. The van der Waals surface area contributed by atoms with E-state index in [4.69, 9.17) is 0 Å². The Morgan fingerprint density at radius 1 is 1.23 bits per heavy atom. The lowest BCUT2D eigenvalue weighted by Crippen LogP contribution is -2.24. The molecule has 1 unspecified atom stereocenters. The van der Waals surface area contributed by atoms with Crippen LogP contribution in [0.3, 0.4) is 0 Å². The molecule has 0 radical (unpaired) electrons. The Balaban J connectivity index is 2.08. The van der Waals surface area contributed by atoms with Gasteiger partial charge in [0.2, 0.25) is 11.3 Å². The topological polar surface area (TPSA) is 79.7 Å². The van der Waals surface area contributed by atoms with E-state index in [1.165, 1.54) is 11.4 Å². The van der Waals surface area contributed by atoms with Gasteiger partial charge in [-0.2, -0.15) is 4.31 Å². The highest BCUT2D eigenvalue weighted by Gasteiger charge is 2.13. The number of nitrogens with zero attached hydrogens (tertiary/aromatic N) is 2. The lowest BCUT2D eigenvalue weighted by Gasteiger charge is -2.17. The van der Waals surface area contributed by atoms with Crippen LogP contribution in [0.2, 0.25) is 0 Å². The molecule has 1 aromatic heterocycles. The van der Waals surface area contributed by atoms with E-state index in [0.717, 1.165) is 11.1 Å². The Hall–Kier alpha value is -2.09. The van der Waals surface area contributed by atoms with Gasteiger partial charge in [-0.25, -0.2) is 9.00 Å². The number of methoxy groups -OCH3 is 1. The van der Waals surface area contributed by atoms with E-state index < -0.39 is 17.2 Å². The van der Waals surface area contributed by atoms with E-state index in [1.807, 2.05) is 6.07 Å². The largest absolute Gasteiger partial charge is 0.465 e. The molecule has 116 valence electrons. The van der Waals surface area contributed by atoms with Crippen molar-refractivity contribution in [3.05, 3.63) is 65.5 Å². The van der Waals surface area contributed by atoms with Crippen LogP contribution in [0.25, 0.3) is 0 Å². The van der Waals surface area contributed by atoms with Crippen LogP contribution in [0.4, 0.5) is 0 Å². The van der Waals surface area contributed by atoms with Crippen molar-refractivity contribution in [1.82, 2.24) is 9.29 Å². The Morgan fingerprint density at radius 2 is 1.91 bits per heavy atom. The molecule has 2 aromatic rings. The Bertz CT molecular complexity index is 646. The maximum Gasteiger partial charge on any atom is 0.337 e. The quantitative estimate of drug-likeness (QED) is 0.650. The van der Waals surface area contributed by atoms with Crippen LogP contribution in [-0.4, -0.2) is 31.1 Å². The number of hydrogen-bond acceptors (Lipinski definition) is 4. The summed E-state index contributed by atoms with van der Waals surface area (Å²) < 4.78 is 26.9. The second-order valence-electron chi connectivity index (χ2n) is 4.58. The maximum absolute atomic E-state index is 11.5. The monoisotopic (exact) mass is 320 g/mol. The summed E-state index contributed by atoms with van der Waals surface area (Å²) in [4.78, 5) is 15.4. The molecule has 2 rings (SSSR count). The minimum Gasteiger partial charge on any atom is -0.465 e. The predicted molar refractivity (Wildman–Crippen MR) is 82.0 cm³/mol. The highest BCUT2D eigenvalue weighted by Crippen LogP contribution is 2.12. The first-order valence-electron chi connectivity index (χ1n) is 6.52. The standard InChI is InChI=1S/C15H16N2O4S/c1-21-15(18)14-6-4-12(5-7-14)10-17(22(19)20)11-13-3-2-8-16-9-13/h2-9H,10-11H2,1H3,(H,19,20). The number of esters is 1. The number of benzene rings is 1. The number of pyridine rings is 1. The fourth-order valence-corrected chi connectivity index (χ4v) is 2.45. The van der Waals surface area contributed by atoms with Crippen LogP contribution >= 0.6 is 0 Å². The Labute approximate surface area is 131 Å². The average molecular weight is 320 g/mol. The van der Waals surface area contributed by atoms with Gasteiger partial charge in [-0.3, -0.25) is 9.54 Å². The lowest BCUT2D eigenvalue weighted by molar-refractivity contribution is 0.0600. The number of carbonyl (C=O) groups is 1. The summed E-state index contributed by atoms with van der Waals surface area (Å²) in [5.41, 5.74) is 2.10. The van der Waals surface area contributed by atoms with Crippen molar-refractivity contribution in [2.45, 2.75) is 13.1 Å². The summed E-state index contributed by atoms with van der Waals surface area (Å²) in [5.74, 6) is -0.412.